The van der Waals surface area contributed by atoms with Gasteiger partial charge in [-0.25, -0.2) is 0 Å². The quantitative estimate of drug-likeness (QED) is 0.689. The summed E-state index contributed by atoms with van der Waals surface area (Å²) in [6.45, 7) is 5.49. The average Bonchev–Trinajstić information content (AvgIpc) is 2.80. The van der Waals surface area contributed by atoms with Crippen LogP contribution in [0, 0.1) is 5.92 Å². The highest BCUT2D eigenvalue weighted by atomic mass is 16.5. The van der Waals surface area contributed by atoms with Gasteiger partial charge in [0.15, 0.2) is 0 Å². The Kier molecular flexibility index (Phi) is 7.06. The van der Waals surface area contributed by atoms with Gasteiger partial charge < -0.3 is 10.5 Å². The lowest BCUT2D eigenvalue weighted by atomic mass is 9.88. The summed E-state index contributed by atoms with van der Waals surface area (Å²) < 4.78 is 5.64. The van der Waals surface area contributed by atoms with Gasteiger partial charge in [-0.05, 0) is 38.0 Å². The topological polar surface area (TPSA) is 35.2 Å². The zero-order valence-electron chi connectivity index (χ0n) is 11.1. The third-order valence-corrected chi connectivity index (χ3v) is 3.90. The summed E-state index contributed by atoms with van der Waals surface area (Å²) >= 11 is 0. The van der Waals surface area contributed by atoms with E-state index in [0.29, 0.717) is 12.1 Å². The van der Waals surface area contributed by atoms with Crippen molar-refractivity contribution in [3.8, 4) is 0 Å². The van der Waals surface area contributed by atoms with Gasteiger partial charge in [-0.1, -0.05) is 33.1 Å². The SMILES string of the molecule is CCCCC(CC)C(N)CCC1CCCO1. The standard InChI is InChI=1S/C14H29NO/c1-3-5-7-12(4-2)14(15)10-9-13-8-6-11-16-13/h12-14H,3-11,15H2,1-2H3. The third kappa shape index (κ3) is 4.84. The van der Waals surface area contributed by atoms with Gasteiger partial charge in [-0.15, -0.1) is 0 Å². The van der Waals surface area contributed by atoms with Gasteiger partial charge in [0.1, 0.15) is 0 Å². The number of hydrogen-bond acceptors (Lipinski definition) is 2. The van der Waals surface area contributed by atoms with Crippen LogP contribution >= 0.6 is 0 Å². The van der Waals surface area contributed by atoms with Gasteiger partial charge in [0.2, 0.25) is 0 Å². The van der Waals surface area contributed by atoms with Crippen molar-refractivity contribution >= 4 is 0 Å². The Morgan fingerprint density at radius 1 is 1.31 bits per heavy atom. The Balaban J connectivity index is 2.17. The van der Waals surface area contributed by atoms with E-state index in [0.717, 1.165) is 18.9 Å². The van der Waals surface area contributed by atoms with E-state index in [-0.39, 0.29) is 0 Å². The smallest absolute Gasteiger partial charge is 0.0576 e. The molecule has 0 saturated carbocycles. The number of ether oxygens (including phenoxy) is 1. The molecule has 1 heterocycles. The van der Waals surface area contributed by atoms with Crippen molar-refractivity contribution in [3.05, 3.63) is 0 Å². The summed E-state index contributed by atoms with van der Waals surface area (Å²) in [4.78, 5) is 0. The summed E-state index contributed by atoms with van der Waals surface area (Å²) in [5.74, 6) is 0.723. The molecule has 0 radical (unpaired) electrons. The van der Waals surface area contributed by atoms with Crippen LogP contribution in [0.15, 0.2) is 0 Å². The largest absolute Gasteiger partial charge is 0.378 e. The second-order valence-corrected chi connectivity index (χ2v) is 5.19. The zero-order chi connectivity index (χ0) is 11.8. The molecular formula is C14H29NO. The van der Waals surface area contributed by atoms with Crippen LogP contribution in [0.2, 0.25) is 0 Å². The molecule has 3 unspecified atom stereocenters. The minimum atomic E-state index is 0.390. The monoisotopic (exact) mass is 227 g/mol. The molecule has 2 nitrogen and oxygen atoms in total. The molecule has 16 heavy (non-hydrogen) atoms. The van der Waals surface area contributed by atoms with Crippen LogP contribution in [0.25, 0.3) is 0 Å². The first-order valence-corrected chi connectivity index (χ1v) is 7.15. The van der Waals surface area contributed by atoms with E-state index in [1.807, 2.05) is 0 Å². The first-order valence-electron chi connectivity index (χ1n) is 7.15. The van der Waals surface area contributed by atoms with Crippen molar-refractivity contribution in [2.45, 2.75) is 77.4 Å². The predicted octanol–water partition coefficient (Wildman–Crippen LogP) is 3.49. The fraction of sp³-hybridized carbons (Fsp3) is 1.00. The maximum atomic E-state index is 6.29. The minimum Gasteiger partial charge on any atom is -0.378 e. The van der Waals surface area contributed by atoms with E-state index in [1.54, 1.807) is 0 Å². The fourth-order valence-electron chi connectivity index (χ4n) is 2.67. The zero-order valence-corrected chi connectivity index (χ0v) is 11.1. The molecule has 0 amide bonds. The molecule has 2 heteroatoms. The molecule has 1 saturated heterocycles. The Labute approximate surface area is 101 Å². The maximum absolute atomic E-state index is 6.29. The Hall–Kier alpha value is -0.0800. The van der Waals surface area contributed by atoms with Gasteiger partial charge >= 0.3 is 0 Å². The summed E-state index contributed by atoms with van der Waals surface area (Å²) in [5, 5.41) is 0. The molecule has 1 aliphatic heterocycles. The fourth-order valence-corrected chi connectivity index (χ4v) is 2.67. The van der Waals surface area contributed by atoms with Crippen LogP contribution in [-0.2, 0) is 4.74 Å². The molecule has 1 rings (SSSR count). The molecule has 0 aliphatic carbocycles. The Morgan fingerprint density at radius 2 is 2.12 bits per heavy atom. The second-order valence-electron chi connectivity index (χ2n) is 5.19. The molecule has 1 aliphatic rings. The van der Waals surface area contributed by atoms with Crippen LogP contribution < -0.4 is 5.73 Å². The van der Waals surface area contributed by atoms with Crippen LogP contribution in [-0.4, -0.2) is 18.8 Å². The van der Waals surface area contributed by atoms with Gasteiger partial charge in [0, 0.05) is 12.6 Å². The lowest BCUT2D eigenvalue weighted by molar-refractivity contribution is 0.0984. The molecule has 0 aromatic rings. The van der Waals surface area contributed by atoms with Crippen molar-refractivity contribution in [1.29, 1.82) is 0 Å². The van der Waals surface area contributed by atoms with Gasteiger partial charge in [-0.3, -0.25) is 0 Å². The van der Waals surface area contributed by atoms with E-state index in [2.05, 4.69) is 13.8 Å². The third-order valence-electron chi connectivity index (χ3n) is 3.90. The Bertz CT molecular complexity index is 166. The molecule has 2 N–H and O–H groups in total. The first-order chi connectivity index (χ1) is 7.77. The van der Waals surface area contributed by atoms with Crippen molar-refractivity contribution in [1.82, 2.24) is 0 Å². The van der Waals surface area contributed by atoms with Crippen molar-refractivity contribution in [2.24, 2.45) is 11.7 Å². The van der Waals surface area contributed by atoms with Crippen LogP contribution in [0.4, 0.5) is 0 Å². The van der Waals surface area contributed by atoms with Gasteiger partial charge in [-0.2, -0.15) is 0 Å². The Morgan fingerprint density at radius 3 is 2.69 bits per heavy atom. The number of hydrogen-bond donors (Lipinski definition) is 1. The van der Waals surface area contributed by atoms with Gasteiger partial charge in [0.25, 0.3) is 0 Å². The highest BCUT2D eigenvalue weighted by molar-refractivity contribution is 4.75. The van der Waals surface area contributed by atoms with Crippen LogP contribution in [0.5, 0.6) is 0 Å². The summed E-state index contributed by atoms with van der Waals surface area (Å²) in [7, 11) is 0. The average molecular weight is 227 g/mol. The number of rotatable bonds is 8. The van der Waals surface area contributed by atoms with E-state index < -0.39 is 0 Å². The van der Waals surface area contributed by atoms with E-state index in [1.165, 1.54) is 44.9 Å². The van der Waals surface area contributed by atoms with Crippen LogP contribution in [0.3, 0.4) is 0 Å². The molecular weight excluding hydrogens is 198 g/mol. The molecule has 1 fully saturated rings. The minimum absolute atomic E-state index is 0.390. The van der Waals surface area contributed by atoms with Crippen molar-refractivity contribution < 1.29 is 4.74 Å². The summed E-state index contributed by atoms with van der Waals surface area (Å²) in [5.41, 5.74) is 6.29. The normalized spacial score (nSPS) is 24.6. The maximum Gasteiger partial charge on any atom is 0.0576 e. The molecule has 0 aromatic carbocycles. The lowest BCUT2D eigenvalue weighted by Crippen LogP contribution is -2.30. The van der Waals surface area contributed by atoms with Crippen molar-refractivity contribution in [2.75, 3.05) is 6.61 Å². The second kappa shape index (κ2) is 8.08. The lowest BCUT2D eigenvalue weighted by Gasteiger charge is -2.23. The summed E-state index contributed by atoms with van der Waals surface area (Å²) in [6.07, 6.45) is 10.5. The van der Waals surface area contributed by atoms with E-state index in [9.17, 15) is 0 Å². The number of unbranched alkanes of at least 4 members (excludes halogenated alkanes) is 1. The molecule has 0 spiro atoms. The van der Waals surface area contributed by atoms with Gasteiger partial charge in [0.05, 0.1) is 6.10 Å². The first kappa shape index (κ1) is 14.0. The van der Waals surface area contributed by atoms with Crippen molar-refractivity contribution in [3.63, 3.8) is 0 Å². The molecule has 0 bridgehead atoms. The summed E-state index contributed by atoms with van der Waals surface area (Å²) in [6, 6.07) is 0.390. The number of nitrogens with two attached hydrogens (primary N) is 1. The van der Waals surface area contributed by atoms with E-state index in [4.69, 9.17) is 10.5 Å². The molecule has 0 aromatic heterocycles. The predicted molar refractivity (Wildman–Crippen MR) is 69.5 cm³/mol. The van der Waals surface area contributed by atoms with E-state index >= 15 is 0 Å². The highest BCUT2D eigenvalue weighted by Gasteiger charge is 2.20. The molecule has 3 atom stereocenters. The van der Waals surface area contributed by atoms with Crippen LogP contribution in [0.1, 0.15) is 65.2 Å². The highest BCUT2D eigenvalue weighted by Crippen LogP contribution is 2.22. The molecule has 96 valence electrons.